The van der Waals surface area contributed by atoms with Gasteiger partial charge in [0.2, 0.25) is 5.95 Å². The number of nitrogens with two attached hydrogens (primary N) is 1. The van der Waals surface area contributed by atoms with E-state index < -0.39 is 8.32 Å². The largest absolute Gasteiger partial charge is 0.416 e. The van der Waals surface area contributed by atoms with Crippen molar-refractivity contribution < 1.29 is 9.16 Å². The Kier molecular flexibility index (Phi) is 7.47. The van der Waals surface area contributed by atoms with Crippen LogP contribution >= 0.6 is 0 Å². The van der Waals surface area contributed by atoms with E-state index in [9.17, 15) is 0 Å². The van der Waals surface area contributed by atoms with Crippen molar-refractivity contribution in [2.45, 2.75) is 71.1 Å². The molecule has 30 heavy (non-hydrogen) atoms. The first-order valence-electron chi connectivity index (χ1n) is 11.5. The number of fused-ring (bicyclic) bond motifs is 1. The summed E-state index contributed by atoms with van der Waals surface area (Å²) in [6, 6.07) is 6.48. The van der Waals surface area contributed by atoms with Crippen molar-refractivity contribution in [3.63, 3.8) is 0 Å². The third kappa shape index (κ3) is 4.53. The number of morpholine rings is 1. The van der Waals surface area contributed by atoms with Crippen LogP contribution in [0.2, 0.25) is 16.6 Å². The maximum atomic E-state index is 6.71. The number of aromatic nitrogens is 2. The highest BCUT2D eigenvalue weighted by Crippen LogP contribution is 2.42. The molecule has 3 rings (SSSR count). The molecule has 2 heterocycles. The zero-order chi connectivity index (χ0) is 21.9. The first-order chi connectivity index (χ1) is 14.3. The molecule has 0 atom stereocenters. The van der Waals surface area contributed by atoms with Gasteiger partial charge < -0.3 is 24.4 Å². The first-order valence-corrected chi connectivity index (χ1v) is 13.6. The van der Waals surface area contributed by atoms with Crippen LogP contribution in [0.5, 0.6) is 0 Å². The third-order valence-corrected chi connectivity index (χ3v) is 12.8. The molecule has 1 aromatic heterocycles. The van der Waals surface area contributed by atoms with Crippen molar-refractivity contribution >= 4 is 31.0 Å². The quantitative estimate of drug-likeness (QED) is 0.444. The number of benzene rings is 1. The van der Waals surface area contributed by atoms with E-state index in [1.54, 1.807) is 0 Å². The monoisotopic (exact) mass is 432 g/mol. The van der Waals surface area contributed by atoms with Crippen LogP contribution < -0.4 is 10.6 Å². The van der Waals surface area contributed by atoms with Crippen LogP contribution in [0, 0.1) is 0 Å². The number of nitrogens with zero attached hydrogens (tertiary/aromatic N) is 3. The van der Waals surface area contributed by atoms with Crippen molar-refractivity contribution in [3.05, 3.63) is 18.2 Å². The predicted octanol–water partition coefficient (Wildman–Crippen LogP) is 5.04. The minimum absolute atomic E-state index is 0.587. The highest BCUT2D eigenvalue weighted by molar-refractivity contribution is 6.77. The summed E-state index contributed by atoms with van der Waals surface area (Å²) in [5, 5.41) is 0. The molecular weight excluding hydrogens is 392 g/mol. The molecule has 0 bridgehead atoms. The smallest absolute Gasteiger partial charge is 0.201 e. The maximum Gasteiger partial charge on any atom is 0.201 e. The van der Waals surface area contributed by atoms with Crippen molar-refractivity contribution in [1.82, 2.24) is 9.55 Å². The fraction of sp³-hybridized carbons (Fsp3) is 0.696. The summed E-state index contributed by atoms with van der Waals surface area (Å²) in [4.78, 5) is 6.98. The molecule has 1 saturated heterocycles. The van der Waals surface area contributed by atoms with E-state index in [4.69, 9.17) is 14.9 Å². The molecule has 0 amide bonds. The number of imidazole rings is 1. The second kappa shape index (κ2) is 9.70. The number of ether oxygens (including phenoxy) is 1. The molecule has 2 N–H and O–H groups in total. The van der Waals surface area contributed by atoms with Crippen LogP contribution in [0.4, 0.5) is 11.6 Å². The summed E-state index contributed by atoms with van der Waals surface area (Å²) < 4.78 is 14.3. The van der Waals surface area contributed by atoms with Crippen molar-refractivity contribution in [3.8, 4) is 0 Å². The lowest BCUT2D eigenvalue weighted by molar-refractivity contribution is 0.122. The molecule has 0 aliphatic carbocycles. The summed E-state index contributed by atoms with van der Waals surface area (Å²) >= 11 is 0. The van der Waals surface area contributed by atoms with Gasteiger partial charge in [-0.25, -0.2) is 4.98 Å². The van der Waals surface area contributed by atoms with E-state index in [1.807, 2.05) is 0 Å². The summed E-state index contributed by atoms with van der Waals surface area (Å²) in [6.45, 7) is 19.0. The molecule has 1 aliphatic rings. The molecular formula is C23H40N4O2Si. The fourth-order valence-electron chi connectivity index (χ4n) is 5.36. The van der Waals surface area contributed by atoms with Gasteiger partial charge >= 0.3 is 0 Å². The van der Waals surface area contributed by atoms with Crippen LogP contribution in [0.25, 0.3) is 11.0 Å². The third-order valence-electron chi connectivity index (χ3n) is 6.72. The SMILES string of the molecule is CC(C)[Si](OCCCn1c(N)nc2cc(N3CCOCC3)ccc21)(C(C)C)C(C)C. The van der Waals surface area contributed by atoms with Crippen molar-refractivity contribution in [2.24, 2.45) is 0 Å². The lowest BCUT2D eigenvalue weighted by Gasteiger charge is -2.42. The molecule has 7 heteroatoms. The molecule has 1 aromatic carbocycles. The molecule has 6 nitrogen and oxygen atoms in total. The molecule has 0 radical (unpaired) electrons. The molecule has 0 saturated carbocycles. The molecule has 1 fully saturated rings. The highest BCUT2D eigenvalue weighted by atomic mass is 28.4. The molecule has 0 unspecified atom stereocenters. The number of aryl methyl sites for hydroxylation is 1. The molecule has 1 aliphatic heterocycles. The minimum atomic E-state index is -1.82. The molecule has 0 spiro atoms. The van der Waals surface area contributed by atoms with Gasteiger partial charge in [0, 0.05) is 31.9 Å². The van der Waals surface area contributed by atoms with Gasteiger partial charge in [-0.05, 0) is 41.2 Å². The van der Waals surface area contributed by atoms with Gasteiger partial charge in [0.1, 0.15) is 0 Å². The number of hydrogen-bond acceptors (Lipinski definition) is 5. The van der Waals surface area contributed by atoms with Gasteiger partial charge in [0.15, 0.2) is 8.32 Å². The highest BCUT2D eigenvalue weighted by Gasteiger charge is 2.44. The Morgan fingerprint density at radius 3 is 2.30 bits per heavy atom. The van der Waals surface area contributed by atoms with Gasteiger partial charge in [-0.2, -0.15) is 0 Å². The Labute approximate surface area is 182 Å². The second-order valence-electron chi connectivity index (χ2n) is 9.41. The second-order valence-corrected chi connectivity index (χ2v) is 14.9. The summed E-state index contributed by atoms with van der Waals surface area (Å²) in [6.07, 6.45) is 0.946. The van der Waals surface area contributed by atoms with Crippen LogP contribution in [-0.2, 0) is 15.7 Å². The molecule has 2 aromatic rings. The fourth-order valence-corrected chi connectivity index (χ4v) is 10.9. The number of nitrogen functional groups attached to an aromatic ring is 1. The Morgan fingerprint density at radius 1 is 1.07 bits per heavy atom. The normalized spacial score (nSPS) is 15.8. The van der Waals surface area contributed by atoms with Crippen LogP contribution in [0.15, 0.2) is 18.2 Å². The summed E-state index contributed by atoms with van der Waals surface area (Å²) in [7, 11) is -1.82. The average Bonchev–Trinajstić information content (AvgIpc) is 3.02. The lowest BCUT2D eigenvalue weighted by atomic mass is 10.2. The van der Waals surface area contributed by atoms with Gasteiger partial charge in [0.05, 0.1) is 24.2 Å². The first kappa shape index (κ1) is 23.1. The van der Waals surface area contributed by atoms with Gasteiger partial charge in [-0.15, -0.1) is 0 Å². The molecule has 168 valence electrons. The van der Waals surface area contributed by atoms with Crippen molar-refractivity contribution in [2.75, 3.05) is 43.5 Å². The van der Waals surface area contributed by atoms with Gasteiger partial charge in [0.25, 0.3) is 0 Å². The predicted molar refractivity (Wildman–Crippen MR) is 129 cm³/mol. The Bertz CT molecular complexity index is 806. The number of rotatable bonds is 9. The minimum Gasteiger partial charge on any atom is -0.416 e. The standard InChI is InChI=1S/C23H40N4O2Si/c1-17(2)30(18(3)4,19(5)6)29-13-7-10-27-22-9-8-20(16-21(22)25-23(27)24)26-11-14-28-15-12-26/h8-9,16-19H,7,10-15H2,1-6H3,(H2,24,25). The topological polar surface area (TPSA) is 65.5 Å². The Balaban J connectivity index is 1.68. The van der Waals surface area contributed by atoms with E-state index in [0.717, 1.165) is 56.9 Å². The van der Waals surface area contributed by atoms with E-state index in [1.165, 1.54) is 5.69 Å². The van der Waals surface area contributed by atoms with Crippen LogP contribution in [0.1, 0.15) is 48.0 Å². The zero-order valence-electron chi connectivity index (χ0n) is 19.6. The lowest BCUT2D eigenvalue weighted by Crippen LogP contribution is -2.48. The van der Waals surface area contributed by atoms with Crippen LogP contribution in [-0.4, -0.2) is 50.8 Å². The number of anilines is 2. The van der Waals surface area contributed by atoms with E-state index in [2.05, 4.69) is 74.2 Å². The maximum absolute atomic E-state index is 6.71. The van der Waals surface area contributed by atoms with Gasteiger partial charge in [-0.3, -0.25) is 0 Å². The summed E-state index contributed by atoms with van der Waals surface area (Å²) in [5.74, 6) is 0.587. The zero-order valence-corrected chi connectivity index (χ0v) is 20.6. The van der Waals surface area contributed by atoms with E-state index in [-0.39, 0.29) is 0 Å². The van der Waals surface area contributed by atoms with E-state index >= 15 is 0 Å². The number of hydrogen-bond donors (Lipinski definition) is 1. The van der Waals surface area contributed by atoms with Crippen LogP contribution in [0.3, 0.4) is 0 Å². The van der Waals surface area contributed by atoms with E-state index in [0.29, 0.717) is 22.6 Å². The Morgan fingerprint density at radius 2 is 1.70 bits per heavy atom. The summed E-state index contributed by atoms with van der Waals surface area (Å²) in [5.41, 5.74) is 11.4. The van der Waals surface area contributed by atoms with Gasteiger partial charge in [-0.1, -0.05) is 41.5 Å². The Hall–Kier alpha value is -1.57. The van der Waals surface area contributed by atoms with Crippen molar-refractivity contribution in [1.29, 1.82) is 0 Å². The average molecular weight is 433 g/mol.